The molecule has 29 heavy (non-hydrogen) atoms. The number of nitro benzene ring substituents is 1. The van der Waals surface area contributed by atoms with Crippen LogP contribution >= 0.6 is 11.3 Å². The van der Waals surface area contributed by atoms with Crippen LogP contribution in [0.15, 0.2) is 66.2 Å². The van der Waals surface area contributed by atoms with Crippen molar-refractivity contribution in [3.63, 3.8) is 0 Å². The van der Waals surface area contributed by atoms with Crippen LogP contribution in [0.4, 0.5) is 5.69 Å². The van der Waals surface area contributed by atoms with Gasteiger partial charge in [-0.15, -0.1) is 11.3 Å². The van der Waals surface area contributed by atoms with E-state index in [-0.39, 0.29) is 16.9 Å². The van der Waals surface area contributed by atoms with Crippen LogP contribution in [0.25, 0.3) is 16.4 Å². The van der Waals surface area contributed by atoms with Crippen molar-refractivity contribution in [1.82, 2.24) is 9.55 Å². The molecule has 144 valence electrons. The van der Waals surface area contributed by atoms with Gasteiger partial charge in [-0.25, -0.2) is 4.98 Å². The lowest BCUT2D eigenvalue weighted by Crippen LogP contribution is -2.04. The van der Waals surface area contributed by atoms with Gasteiger partial charge in [-0.05, 0) is 12.1 Å². The summed E-state index contributed by atoms with van der Waals surface area (Å²) in [6.45, 7) is 0. The summed E-state index contributed by atoms with van der Waals surface area (Å²) in [4.78, 5) is 27.8. The maximum Gasteiger partial charge on any atom is 0.269 e. The van der Waals surface area contributed by atoms with Crippen LogP contribution in [-0.4, -0.2) is 30.5 Å². The molecule has 9 heteroatoms. The molecule has 0 fully saturated rings. The van der Waals surface area contributed by atoms with Crippen LogP contribution in [0.5, 0.6) is 11.6 Å². The van der Waals surface area contributed by atoms with E-state index in [1.165, 1.54) is 46.4 Å². The van der Waals surface area contributed by atoms with Crippen LogP contribution in [0.1, 0.15) is 15.9 Å². The number of benzene rings is 2. The molecule has 2 heterocycles. The number of ketones is 1. The molecule has 4 aromatic rings. The molecule has 0 aliphatic carbocycles. The minimum absolute atomic E-state index is 0.113. The Morgan fingerprint density at radius 3 is 2.34 bits per heavy atom. The quantitative estimate of drug-likeness (QED) is 0.291. The van der Waals surface area contributed by atoms with Crippen LogP contribution in [-0.2, 0) is 0 Å². The predicted molar refractivity (Wildman–Crippen MR) is 107 cm³/mol. The summed E-state index contributed by atoms with van der Waals surface area (Å²) in [5, 5.41) is 34.2. The maximum absolute atomic E-state index is 13.2. The highest BCUT2D eigenvalue weighted by Gasteiger charge is 2.30. The van der Waals surface area contributed by atoms with Gasteiger partial charge in [-0.2, -0.15) is 0 Å². The minimum atomic E-state index is -0.581. The number of aromatic nitrogens is 2. The average molecular weight is 407 g/mol. The number of hydrogen-bond donors (Lipinski definition) is 2. The molecule has 0 spiro atoms. The smallest absolute Gasteiger partial charge is 0.269 e. The molecule has 2 N–H and O–H groups in total. The van der Waals surface area contributed by atoms with Crippen molar-refractivity contribution in [2.24, 2.45) is 0 Å². The minimum Gasteiger partial charge on any atom is -0.503 e. The molecule has 0 unspecified atom stereocenters. The first-order valence-corrected chi connectivity index (χ1v) is 9.28. The first kappa shape index (κ1) is 18.4. The molecule has 0 bridgehead atoms. The fraction of sp³-hybridized carbons (Fsp3) is 0. The summed E-state index contributed by atoms with van der Waals surface area (Å²) in [5.74, 6) is -1.61. The molecular formula is C20H13N3O5S. The average Bonchev–Trinajstić information content (AvgIpc) is 3.35. The summed E-state index contributed by atoms with van der Waals surface area (Å²) in [7, 11) is 0. The van der Waals surface area contributed by atoms with E-state index >= 15 is 0 Å². The van der Waals surface area contributed by atoms with Gasteiger partial charge in [0, 0.05) is 34.8 Å². The highest BCUT2D eigenvalue weighted by atomic mass is 32.1. The van der Waals surface area contributed by atoms with E-state index < -0.39 is 22.3 Å². The van der Waals surface area contributed by atoms with E-state index in [1.54, 1.807) is 35.7 Å². The number of rotatable bonds is 5. The second-order valence-corrected chi connectivity index (χ2v) is 6.92. The molecule has 0 saturated heterocycles. The fourth-order valence-electron chi connectivity index (χ4n) is 3.02. The van der Waals surface area contributed by atoms with Gasteiger partial charge >= 0.3 is 0 Å². The van der Waals surface area contributed by atoms with Crippen molar-refractivity contribution in [2.75, 3.05) is 0 Å². The Morgan fingerprint density at radius 1 is 1.07 bits per heavy atom. The highest BCUT2D eigenvalue weighted by Crippen LogP contribution is 2.44. The molecule has 0 radical (unpaired) electrons. The maximum atomic E-state index is 13.2. The van der Waals surface area contributed by atoms with Crippen molar-refractivity contribution < 1.29 is 19.9 Å². The lowest BCUT2D eigenvalue weighted by atomic mass is 9.99. The zero-order valence-electron chi connectivity index (χ0n) is 14.7. The molecule has 2 aromatic heterocycles. The first-order chi connectivity index (χ1) is 14.0. The van der Waals surface area contributed by atoms with E-state index in [4.69, 9.17) is 0 Å². The lowest BCUT2D eigenvalue weighted by Gasteiger charge is -2.09. The number of nitro groups is 1. The van der Waals surface area contributed by atoms with Gasteiger partial charge < -0.3 is 10.2 Å². The van der Waals surface area contributed by atoms with Gasteiger partial charge in [-0.1, -0.05) is 30.3 Å². The third-order valence-electron chi connectivity index (χ3n) is 4.35. The molecule has 4 rings (SSSR count). The predicted octanol–water partition coefficient (Wildman–Crippen LogP) is 4.15. The van der Waals surface area contributed by atoms with Crippen LogP contribution in [0.2, 0.25) is 0 Å². The molecule has 0 saturated carbocycles. The standard InChI is InChI=1S/C20H13N3O5S/c24-17(13-4-2-1-3-5-13)15-16(12-6-8-14(9-7-12)23(27)28)22(19(26)18(15)25)20-21-10-11-29-20/h1-11,25-26H. The number of nitrogens with zero attached hydrogens (tertiary/aromatic N) is 3. The number of carbonyl (C=O) groups excluding carboxylic acids is 1. The SMILES string of the molecule is O=C(c1ccccc1)c1c(O)c(O)n(-c2nccs2)c1-c1ccc([N+](=O)[O-])cc1. The van der Waals surface area contributed by atoms with Crippen molar-refractivity contribution in [3.8, 4) is 28.0 Å². The Balaban J connectivity index is 1.99. The van der Waals surface area contributed by atoms with Gasteiger partial charge in [0.05, 0.1) is 16.2 Å². The summed E-state index contributed by atoms with van der Waals surface area (Å²) < 4.78 is 1.26. The Kier molecular flexibility index (Phi) is 4.57. The highest BCUT2D eigenvalue weighted by molar-refractivity contribution is 7.12. The zero-order valence-corrected chi connectivity index (χ0v) is 15.5. The Bertz CT molecular complexity index is 1200. The zero-order chi connectivity index (χ0) is 20.5. The largest absolute Gasteiger partial charge is 0.503 e. The van der Waals surface area contributed by atoms with E-state index in [9.17, 15) is 25.1 Å². The second-order valence-electron chi connectivity index (χ2n) is 6.05. The fourth-order valence-corrected chi connectivity index (χ4v) is 3.67. The summed E-state index contributed by atoms with van der Waals surface area (Å²) in [5.41, 5.74) is 0.685. The molecule has 0 aliphatic heterocycles. The molecule has 8 nitrogen and oxygen atoms in total. The normalized spacial score (nSPS) is 10.8. The molecule has 0 amide bonds. The monoisotopic (exact) mass is 407 g/mol. The number of non-ortho nitro benzene ring substituents is 1. The number of aromatic hydroxyl groups is 2. The third kappa shape index (κ3) is 3.13. The number of hydrogen-bond acceptors (Lipinski definition) is 7. The Hall–Kier alpha value is -3.98. The van der Waals surface area contributed by atoms with Crippen molar-refractivity contribution in [2.45, 2.75) is 0 Å². The van der Waals surface area contributed by atoms with E-state index in [2.05, 4.69) is 4.98 Å². The molecule has 0 atom stereocenters. The molecule has 0 aliphatic rings. The lowest BCUT2D eigenvalue weighted by molar-refractivity contribution is -0.384. The van der Waals surface area contributed by atoms with Gasteiger partial charge in [0.2, 0.25) is 5.88 Å². The van der Waals surface area contributed by atoms with Crippen LogP contribution in [0, 0.1) is 10.1 Å². The van der Waals surface area contributed by atoms with Gasteiger partial charge in [0.1, 0.15) is 0 Å². The van der Waals surface area contributed by atoms with Crippen molar-refractivity contribution in [3.05, 3.63) is 87.4 Å². The van der Waals surface area contributed by atoms with Gasteiger partial charge in [0.15, 0.2) is 16.7 Å². The van der Waals surface area contributed by atoms with E-state index in [1.807, 2.05) is 0 Å². The topological polar surface area (TPSA) is 118 Å². The third-order valence-corrected chi connectivity index (χ3v) is 5.10. The summed E-state index contributed by atoms with van der Waals surface area (Å²) in [6, 6.07) is 13.8. The second kappa shape index (κ2) is 7.21. The Morgan fingerprint density at radius 2 is 1.76 bits per heavy atom. The van der Waals surface area contributed by atoms with Crippen LogP contribution < -0.4 is 0 Å². The van der Waals surface area contributed by atoms with E-state index in [0.29, 0.717) is 16.3 Å². The van der Waals surface area contributed by atoms with Crippen LogP contribution in [0.3, 0.4) is 0 Å². The first-order valence-electron chi connectivity index (χ1n) is 8.40. The molecule has 2 aromatic carbocycles. The summed E-state index contributed by atoms with van der Waals surface area (Å²) in [6.07, 6.45) is 1.52. The van der Waals surface area contributed by atoms with Gasteiger partial charge in [-0.3, -0.25) is 19.5 Å². The Labute approximate surface area is 168 Å². The van der Waals surface area contributed by atoms with Crippen molar-refractivity contribution in [1.29, 1.82) is 0 Å². The number of thiazole rings is 1. The number of carbonyl (C=O) groups is 1. The van der Waals surface area contributed by atoms with Crippen molar-refractivity contribution >= 4 is 22.8 Å². The van der Waals surface area contributed by atoms with Gasteiger partial charge in [0.25, 0.3) is 5.69 Å². The van der Waals surface area contributed by atoms with E-state index in [0.717, 1.165) is 0 Å². The molecular weight excluding hydrogens is 394 g/mol. The summed E-state index contributed by atoms with van der Waals surface area (Å²) >= 11 is 1.20.